The average Bonchev–Trinajstić information content (AvgIpc) is 3.07. The van der Waals surface area contributed by atoms with E-state index in [-0.39, 0.29) is 11.3 Å². The van der Waals surface area contributed by atoms with Crippen LogP contribution in [0.15, 0.2) is 57.7 Å². The molecule has 0 atom stereocenters. The standard InChI is InChI=1S/C20H15N3O3S/c1-11-3-8-17-15(9-11)16(24)10-18(26-17)13-4-6-14(7-5-13)19(25)21-20-23-22-12(2)27-20/h3-10H,1-2H3,(H,21,23,25). The van der Waals surface area contributed by atoms with Gasteiger partial charge in [0.1, 0.15) is 16.4 Å². The highest BCUT2D eigenvalue weighted by atomic mass is 32.1. The van der Waals surface area contributed by atoms with Crippen LogP contribution in [0, 0.1) is 13.8 Å². The molecule has 0 bridgehead atoms. The van der Waals surface area contributed by atoms with Gasteiger partial charge in [-0.2, -0.15) is 0 Å². The van der Waals surface area contributed by atoms with Gasteiger partial charge >= 0.3 is 0 Å². The summed E-state index contributed by atoms with van der Waals surface area (Å²) in [6.07, 6.45) is 0. The molecule has 2 aromatic heterocycles. The van der Waals surface area contributed by atoms with Crippen molar-refractivity contribution < 1.29 is 9.21 Å². The third kappa shape index (κ3) is 3.50. The monoisotopic (exact) mass is 377 g/mol. The zero-order chi connectivity index (χ0) is 19.0. The minimum atomic E-state index is -0.270. The smallest absolute Gasteiger partial charge is 0.257 e. The van der Waals surface area contributed by atoms with Crippen LogP contribution in [0.3, 0.4) is 0 Å². The Kier molecular flexibility index (Phi) is 4.29. The zero-order valence-corrected chi connectivity index (χ0v) is 15.5. The Bertz CT molecular complexity index is 1210. The summed E-state index contributed by atoms with van der Waals surface area (Å²) in [5, 5.41) is 12.2. The first-order valence-corrected chi connectivity index (χ1v) is 9.08. The highest BCUT2D eigenvalue weighted by Gasteiger charge is 2.11. The summed E-state index contributed by atoms with van der Waals surface area (Å²) < 4.78 is 5.87. The molecule has 0 unspecified atom stereocenters. The molecule has 7 heteroatoms. The van der Waals surface area contributed by atoms with Gasteiger partial charge in [0.2, 0.25) is 5.13 Å². The highest BCUT2D eigenvalue weighted by Crippen LogP contribution is 2.23. The summed E-state index contributed by atoms with van der Waals surface area (Å²) in [7, 11) is 0. The predicted molar refractivity (Wildman–Crippen MR) is 105 cm³/mol. The van der Waals surface area contributed by atoms with Gasteiger partial charge in [0, 0.05) is 17.2 Å². The van der Waals surface area contributed by atoms with E-state index in [0.717, 1.165) is 16.1 Å². The number of rotatable bonds is 3. The minimum absolute atomic E-state index is 0.0941. The van der Waals surface area contributed by atoms with Crippen LogP contribution in [0.4, 0.5) is 5.13 Å². The summed E-state index contributed by atoms with van der Waals surface area (Å²) in [4.78, 5) is 24.7. The number of amides is 1. The highest BCUT2D eigenvalue weighted by molar-refractivity contribution is 7.15. The van der Waals surface area contributed by atoms with Crippen LogP contribution in [0.2, 0.25) is 0 Å². The second-order valence-corrected chi connectivity index (χ2v) is 7.31. The Morgan fingerprint density at radius 1 is 1.04 bits per heavy atom. The van der Waals surface area contributed by atoms with Crippen molar-refractivity contribution in [2.45, 2.75) is 13.8 Å². The molecule has 4 rings (SSSR count). The lowest BCUT2D eigenvalue weighted by atomic mass is 10.1. The van der Waals surface area contributed by atoms with Crippen molar-refractivity contribution in [2.75, 3.05) is 5.32 Å². The Morgan fingerprint density at radius 2 is 1.81 bits per heavy atom. The molecule has 0 radical (unpaired) electrons. The molecular formula is C20H15N3O3S. The maximum Gasteiger partial charge on any atom is 0.257 e. The molecule has 2 heterocycles. The quantitative estimate of drug-likeness (QED) is 0.579. The molecule has 0 saturated heterocycles. The van der Waals surface area contributed by atoms with Crippen LogP contribution in [0.25, 0.3) is 22.3 Å². The molecule has 6 nitrogen and oxygen atoms in total. The number of hydrogen-bond acceptors (Lipinski definition) is 6. The van der Waals surface area contributed by atoms with Crippen LogP contribution in [-0.2, 0) is 0 Å². The van der Waals surface area contributed by atoms with Crippen molar-refractivity contribution >= 4 is 33.3 Å². The summed E-state index contributed by atoms with van der Waals surface area (Å²) in [6, 6.07) is 13.8. The number of hydrogen-bond donors (Lipinski definition) is 1. The first-order valence-electron chi connectivity index (χ1n) is 8.26. The molecular weight excluding hydrogens is 362 g/mol. The fraction of sp³-hybridized carbons (Fsp3) is 0.100. The van der Waals surface area contributed by atoms with E-state index in [9.17, 15) is 9.59 Å². The number of aromatic nitrogens is 2. The zero-order valence-electron chi connectivity index (χ0n) is 14.6. The van der Waals surface area contributed by atoms with Gasteiger partial charge in [0.05, 0.1) is 5.39 Å². The van der Waals surface area contributed by atoms with Crippen molar-refractivity contribution in [1.29, 1.82) is 0 Å². The number of carbonyl (C=O) groups is 1. The third-order valence-electron chi connectivity index (χ3n) is 4.06. The normalized spacial score (nSPS) is 10.9. The number of carbonyl (C=O) groups excluding carboxylic acids is 1. The second-order valence-electron chi connectivity index (χ2n) is 6.13. The number of nitrogens with zero attached hydrogens (tertiary/aromatic N) is 2. The summed E-state index contributed by atoms with van der Waals surface area (Å²) in [5.74, 6) is 0.191. The van der Waals surface area contributed by atoms with Crippen molar-refractivity contribution in [3.63, 3.8) is 0 Å². The second kappa shape index (κ2) is 6.77. The minimum Gasteiger partial charge on any atom is -0.456 e. The van der Waals surface area contributed by atoms with Gasteiger partial charge in [-0.3, -0.25) is 14.9 Å². The molecule has 0 saturated carbocycles. The Balaban J connectivity index is 1.62. The van der Waals surface area contributed by atoms with E-state index in [2.05, 4.69) is 15.5 Å². The Labute approximate surface area is 158 Å². The van der Waals surface area contributed by atoms with Gasteiger partial charge in [0.15, 0.2) is 5.43 Å². The van der Waals surface area contributed by atoms with E-state index < -0.39 is 0 Å². The molecule has 27 heavy (non-hydrogen) atoms. The first-order chi connectivity index (χ1) is 13.0. The summed E-state index contributed by atoms with van der Waals surface area (Å²) in [6.45, 7) is 3.75. The molecule has 0 aliphatic carbocycles. The molecule has 0 aliphatic heterocycles. The van der Waals surface area contributed by atoms with Crippen LogP contribution in [-0.4, -0.2) is 16.1 Å². The topological polar surface area (TPSA) is 85.1 Å². The SMILES string of the molecule is Cc1ccc2oc(-c3ccc(C(=O)Nc4nnc(C)s4)cc3)cc(=O)c2c1. The van der Waals surface area contributed by atoms with Crippen LogP contribution >= 0.6 is 11.3 Å². The molecule has 1 N–H and O–H groups in total. The third-order valence-corrected chi connectivity index (χ3v) is 4.81. The fourth-order valence-corrected chi connectivity index (χ4v) is 3.30. The molecule has 1 amide bonds. The van der Waals surface area contributed by atoms with Crippen molar-refractivity contribution in [2.24, 2.45) is 0 Å². The summed E-state index contributed by atoms with van der Waals surface area (Å²) in [5.41, 5.74) is 2.65. The average molecular weight is 377 g/mol. The van der Waals surface area contributed by atoms with Crippen molar-refractivity contribution in [3.05, 3.63) is 74.9 Å². The van der Waals surface area contributed by atoms with Crippen molar-refractivity contribution in [3.8, 4) is 11.3 Å². The van der Waals surface area contributed by atoms with Crippen molar-refractivity contribution in [1.82, 2.24) is 10.2 Å². The number of fused-ring (bicyclic) bond motifs is 1. The van der Waals surface area contributed by atoms with E-state index in [4.69, 9.17) is 4.42 Å². The van der Waals surface area contributed by atoms with E-state index in [1.807, 2.05) is 26.0 Å². The van der Waals surface area contributed by atoms with Gasteiger partial charge in [0.25, 0.3) is 5.91 Å². The van der Waals surface area contributed by atoms with Gasteiger partial charge in [-0.1, -0.05) is 35.1 Å². The lowest BCUT2D eigenvalue weighted by Crippen LogP contribution is -2.11. The first kappa shape index (κ1) is 17.1. The van der Waals surface area contributed by atoms with Gasteiger partial charge in [-0.25, -0.2) is 0 Å². The van der Waals surface area contributed by atoms with Gasteiger partial charge in [-0.05, 0) is 38.1 Å². The maximum atomic E-state index is 12.4. The van der Waals surface area contributed by atoms with E-state index >= 15 is 0 Å². The van der Waals surface area contributed by atoms with Gasteiger partial charge < -0.3 is 4.42 Å². The Hall–Kier alpha value is -3.32. The predicted octanol–water partition coefficient (Wildman–Crippen LogP) is 4.18. The van der Waals surface area contributed by atoms with E-state index in [1.165, 1.54) is 17.4 Å². The fourth-order valence-electron chi connectivity index (χ4n) is 2.71. The number of nitrogens with one attached hydrogen (secondary N) is 1. The van der Waals surface area contributed by atoms with E-state index in [0.29, 0.717) is 27.4 Å². The molecule has 2 aromatic carbocycles. The molecule has 0 aliphatic rings. The van der Waals surface area contributed by atoms with Crippen LogP contribution in [0.5, 0.6) is 0 Å². The number of aryl methyl sites for hydroxylation is 2. The van der Waals surface area contributed by atoms with Crippen LogP contribution < -0.4 is 10.7 Å². The molecule has 0 spiro atoms. The molecule has 134 valence electrons. The van der Waals surface area contributed by atoms with E-state index in [1.54, 1.807) is 30.3 Å². The largest absolute Gasteiger partial charge is 0.456 e. The lowest BCUT2D eigenvalue weighted by Gasteiger charge is -2.05. The lowest BCUT2D eigenvalue weighted by molar-refractivity contribution is 0.102. The van der Waals surface area contributed by atoms with Gasteiger partial charge in [-0.15, -0.1) is 10.2 Å². The molecule has 0 fully saturated rings. The molecule has 4 aromatic rings. The summed E-state index contributed by atoms with van der Waals surface area (Å²) >= 11 is 1.31. The maximum absolute atomic E-state index is 12.4. The van der Waals surface area contributed by atoms with Crippen LogP contribution in [0.1, 0.15) is 20.9 Å². The number of anilines is 1. The number of benzene rings is 2. The Morgan fingerprint density at radius 3 is 2.52 bits per heavy atom.